The molecular formula is C16H18N2O5S2. The summed E-state index contributed by atoms with van der Waals surface area (Å²) in [5, 5.41) is 9.04. The van der Waals surface area contributed by atoms with Crippen LogP contribution in [0.2, 0.25) is 0 Å². The maximum absolute atomic E-state index is 12.9. The highest BCUT2D eigenvalue weighted by Crippen LogP contribution is 2.32. The minimum absolute atomic E-state index is 0.274. The van der Waals surface area contributed by atoms with Crippen molar-refractivity contribution < 1.29 is 21.9 Å². The van der Waals surface area contributed by atoms with E-state index in [1.54, 1.807) is 6.92 Å². The zero-order valence-corrected chi connectivity index (χ0v) is 15.1. The zero-order valence-electron chi connectivity index (χ0n) is 13.5. The lowest BCUT2D eigenvalue weighted by Crippen LogP contribution is -2.52. The first kappa shape index (κ1) is 19.3. The van der Waals surface area contributed by atoms with Crippen molar-refractivity contribution in [1.29, 1.82) is 0 Å². The van der Waals surface area contributed by atoms with Gasteiger partial charge in [0.2, 0.25) is 19.7 Å². The van der Waals surface area contributed by atoms with Crippen LogP contribution >= 0.6 is 0 Å². The number of rotatable bonds is 6. The lowest BCUT2D eigenvalue weighted by molar-refractivity contribution is 0.282. The first-order chi connectivity index (χ1) is 11.6. The van der Waals surface area contributed by atoms with Gasteiger partial charge in [-0.05, 0) is 43.5 Å². The van der Waals surface area contributed by atoms with E-state index in [2.05, 4.69) is 11.7 Å². The molecule has 2 aromatic carbocycles. The Balaban J connectivity index is 2.64. The molecule has 0 aliphatic rings. The number of aliphatic hydroxyl groups excluding tert-OH is 1. The molecule has 7 nitrogen and oxygen atoms in total. The van der Waals surface area contributed by atoms with Crippen LogP contribution in [0.5, 0.6) is 0 Å². The number of benzene rings is 2. The summed E-state index contributed by atoms with van der Waals surface area (Å²) in [7, 11) is -9.19. The molecule has 0 amide bonds. The molecule has 0 saturated heterocycles. The van der Waals surface area contributed by atoms with Crippen LogP contribution in [-0.4, -0.2) is 33.0 Å². The van der Waals surface area contributed by atoms with Gasteiger partial charge >= 0.3 is 4.33 Å². The molecule has 2 aromatic rings. The van der Waals surface area contributed by atoms with Crippen LogP contribution in [-0.2, 0) is 26.3 Å². The molecular weight excluding hydrogens is 364 g/mol. The highest BCUT2D eigenvalue weighted by molar-refractivity contribution is 8.10. The minimum Gasteiger partial charge on any atom is -0.392 e. The Labute approximate surface area is 146 Å². The van der Waals surface area contributed by atoms with Crippen molar-refractivity contribution in [3.63, 3.8) is 0 Å². The number of hydrogen-bond acceptors (Lipinski definition) is 7. The Morgan fingerprint density at radius 1 is 0.960 bits per heavy atom. The molecule has 0 saturated carbocycles. The van der Waals surface area contributed by atoms with Crippen molar-refractivity contribution in [1.82, 2.24) is 0 Å². The summed E-state index contributed by atoms with van der Waals surface area (Å²) in [6, 6.07) is 10.6. The number of aliphatic hydroxyl groups is 1. The van der Waals surface area contributed by atoms with Gasteiger partial charge in [-0.1, -0.05) is 29.8 Å². The smallest absolute Gasteiger partial charge is 0.321 e. The molecule has 0 spiro atoms. The van der Waals surface area contributed by atoms with E-state index in [1.165, 1.54) is 48.5 Å². The predicted molar refractivity (Wildman–Crippen MR) is 94.4 cm³/mol. The zero-order chi connectivity index (χ0) is 18.9. The third-order valence-electron chi connectivity index (χ3n) is 3.74. The van der Waals surface area contributed by atoms with Gasteiger partial charge in [0.15, 0.2) is 0 Å². The molecule has 1 unspecified atom stereocenters. The van der Waals surface area contributed by atoms with Crippen molar-refractivity contribution in [3.8, 4) is 0 Å². The van der Waals surface area contributed by atoms with E-state index >= 15 is 0 Å². The van der Waals surface area contributed by atoms with Gasteiger partial charge in [0.25, 0.3) is 0 Å². The molecule has 25 heavy (non-hydrogen) atoms. The summed E-state index contributed by atoms with van der Waals surface area (Å²) in [5.74, 6) is 0. The molecule has 3 N–H and O–H groups in total. The third kappa shape index (κ3) is 3.11. The van der Waals surface area contributed by atoms with E-state index in [0.717, 1.165) is 5.56 Å². The molecule has 9 heteroatoms. The van der Waals surface area contributed by atoms with Crippen molar-refractivity contribution >= 4 is 26.4 Å². The molecule has 0 fully saturated rings. The van der Waals surface area contributed by atoms with Crippen molar-refractivity contribution in [2.75, 3.05) is 0 Å². The fraction of sp³-hybridized carbons (Fsp3) is 0.188. The Morgan fingerprint density at radius 3 is 1.72 bits per heavy atom. The second-order valence-electron chi connectivity index (χ2n) is 5.41. The molecule has 2 rings (SSSR count). The van der Waals surface area contributed by atoms with Gasteiger partial charge in [0.05, 0.1) is 16.4 Å². The van der Waals surface area contributed by atoms with Crippen molar-refractivity contribution in [3.05, 3.63) is 59.7 Å². The topological polar surface area (TPSA) is 127 Å². The van der Waals surface area contributed by atoms with E-state index in [4.69, 9.17) is 10.8 Å². The fourth-order valence-corrected chi connectivity index (χ4v) is 5.88. The van der Waals surface area contributed by atoms with Gasteiger partial charge in [-0.2, -0.15) is 0 Å². The Morgan fingerprint density at radius 2 is 1.36 bits per heavy atom. The van der Waals surface area contributed by atoms with Crippen molar-refractivity contribution in [2.45, 2.75) is 27.6 Å². The van der Waals surface area contributed by atoms with E-state index in [-0.39, 0.29) is 16.4 Å². The number of nitrogens with two attached hydrogens (primary N) is 1. The van der Waals surface area contributed by atoms with Gasteiger partial charge in [-0.15, -0.1) is 0 Å². The van der Waals surface area contributed by atoms with Crippen LogP contribution < -0.4 is 5.73 Å². The van der Waals surface area contributed by atoms with Gasteiger partial charge in [-0.25, -0.2) is 21.8 Å². The summed E-state index contributed by atoms with van der Waals surface area (Å²) in [4.78, 5) is 2.67. The standard InChI is InChI=1S/C16H18N2O5S2/c1-12-3-7-14(8-4-12)24(20,21)16(17,18-2)25(22,23)15-9-5-13(11-19)6-10-15/h3-10,19H,2,11,17H2,1H3. The highest BCUT2D eigenvalue weighted by atomic mass is 32.3. The maximum Gasteiger partial charge on any atom is 0.321 e. The largest absolute Gasteiger partial charge is 0.392 e. The van der Waals surface area contributed by atoms with Gasteiger partial charge in [-0.3, -0.25) is 5.73 Å². The molecule has 0 radical (unpaired) electrons. The van der Waals surface area contributed by atoms with E-state index in [0.29, 0.717) is 5.56 Å². The number of sulfone groups is 2. The Kier molecular flexibility index (Phi) is 5.14. The number of aryl methyl sites for hydroxylation is 1. The first-order valence-electron chi connectivity index (χ1n) is 7.12. The number of nitrogens with zero attached hydrogens (tertiary/aromatic N) is 1. The minimum atomic E-state index is -4.61. The quantitative estimate of drug-likeness (QED) is 0.718. The Hall–Kier alpha value is -2.07. The third-order valence-corrected chi connectivity index (χ3v) is 8.64. The SMILES string of the molecule is C=NC(N)(S(=O)(=O)c1ccc(C)cc1)S(=O)(=O)c1ccc(CO)cc1. The predicted octanol–water partition coefficient (Wildman–Crippen LogP) is 1.01. The molecule has 0 bridgehead atoms. The van der Waals surface area contributed by atoms with Gasteiger partial charge in [0.1, 0.15) is 0 Å². The van der Waals surface area contributed by atoms with Crippen LogP contribution in [0.15, 0.2) is 63.3 Å². The molecule has 0 aliphatic carbocycles. The molecule has 1 atom stereocenters. The fourth-order valence-electron chi connectivity index (χ4n) is 2.14. The van der Waals surface area contributed by atoms with Crippen LogP contribution in [0.3, 0.4) is 0 Å². The van der Waals surface area contributed by atoms with Gasteiger partial charge in [0, 0.05) is 0 Å². The van der Waals surface area contributed by atoms with Crippen LogP contribution in [0, 0.1) is 6.92 Å². The average molecular weight is 382 g/mol. The Bertz CT molecular complexity index is 982. The average Bonchev–Trinajstić information content (AvgIpc) is 2.61. The number of aliphatic imine (C=N–C) groups is 1. The lowest BCUT2D eigenvalue weighted by atomic mass is 10.2. The monoisotopic (exact) mass is 382 g/mol. The summed E-state index contributed by atoms with van der Waals surface area (Å²) < 4.78 is 48.5. The second kappa shape index (κ2) is 6.68. The summed E-state index contributed by atoms with van der Waals surface area (Å²) in [6.45, 7) is 4.57. The number of hydrogen-bond donors (Lipinski definition) is 2. The second-order valence-corrected chi connectivity index (χ2v) is 9.87. The highest BCUT2D eigenvalue weighted by Gasteiger charge is 2.53. The molecule has 0 aromatic heterocycles. The van der Waals surface area contributed by atoms with Crippen LogP contribution in [0.25, 0.3) is 0 Å². The van der Waals surface area contributed by atoms with E-state index < -0.39 is 24.0 Å². The molecule has 134 valence electrons. The first-order valence-corrected chi connectivity index (χ1v) is 10.1. The molecule has 0 aliphatic heterocycles. The van der Waals surface area contributed by atoms with Crippen LogP contribution in [0.4, 0.5) is 0 Å². The van der Waals surface area contributed by atoms with E-state index in [9.17, 15) is 16.8 Å². The lowest BCUT2D eigenvalue weighted by Gasteiger charge is -2.24. The van der Waals surface area contributed by atoms with Crippen molar-refractivity contribution in [2.24, 2.45) is 10.7 Å². The van der Waals surface area contributed by atoms with E-state index in [1.807, 2.05) is 0 Å². The summed E-state index contributed by atoms with van der Waals surface area (Å²) in [5.41, 5.74) is 7.04. The van der Waals surface area contributed by atoms with Gasteiger partial charge < -0.3 is 5.11 Å². The summed E-state index contributed by atoms with van der Waals surface area (Å²) in [6.07, 6.45) is 0. The maximum atomic E-state index is 12.9. The van der Waals surface area contributed by atoms with Crippen LogP contribution in [0.1, 0.15) is 11.1 Å². The molecule has 0 heterocycles. The normalized spacial score (nSPS) is 14.7. The summed E-state index contributed by atoms with van der Waals surface area (Å²) >= 11 is 0.